The van der Waals surface area contributed by atoms with Crippen LogP contribution < -0.4 is 5.48 Å². The van der Waals surface area contributed by atoms with Gasteiger partial charge in [0.25, 0.3) is 0 Å². The smallest absolute Gasteiger partial charge is 0.0868 e. The van der Waals surface area contributed by atoms with Crippen LogP contribution in [0.5, 0.6) is 0 Å². The zero-order valence-corrected chi connectivity index (χ0v) is 14.7. The van der Waals surface area contributed by atoms with Crippen molar-refractivity contribution in [2.45, 2.75) is 57.5 Å². The fourth-order valence-corrected chi connectivity index (χ4v) is 7.94. The van der Waals surface area contributed by atoms with E-state index in [9.17, 15) is 0 Å². The van der Waals surface area contributed by atoms with Gasteiger partial charge in [-0.3, -0.25) is 4.84 Å². The first-order valence-electron chi connectivity index (χ1n) is 10.6. The molecule has 2 nitrogen and oxygen atoms in total. The Morgan fingerprint density at radius 1 is 0.917 bits per heavy atom. The topological polar surface area (TPSA) is 21.3 Å². The molecule has 0 amide bonds. The minimum Gasteiger partial charge on any atom is -0.298 e. The number of hydroxylamine groups is 1. The minimum atomic E-state index is 0.473. The van der Waals surface area contributed by atoms with Gasteiger partial charge in [-0.1, -0.05) is 23.8 Å². The summed E-state index contributed by atoms with van der Waals surface area (Å²) in [7, 11) is 0. The summed E-state index contributed by atoms with van der Waals surface area (Å²) in [6.07, 6.45) is 19.6. The monoisotopic (exact) mass is 325 g/mol. The van der Waals surface area contributed by atoms with Crippen LogP contribution in [0.3, 0.4) is 0 Å². The van der Waals surface area contributed by atoms with Crippen LogP contribution in [0.15, 0.2) is 23.8 Å². The molecule has 6 rings (SSSR count). The van der Waals surface area contributed by atoms with Gasteiger partial charge in [0.1, 0.15) is 0 Å². The number of allylic oxidation sites excluding steroid dienone is 3. The minimum absolute atomic E-state index is 0.473. The first kappa shape index (κ1) is 14.6. The molecule has 5 aliphatic carbocycles. The molecule has 6 aliphatic rings. The lowest BCUT2D eigenvalue weighted by Gasteiger charge is -2.54. The second kappa shape index (κ2) is 5.45. The molecular weight excluding hydrogens is 294 g/mol. The highest BCUT2D eigenvalue weighted by Gasteiger charge is 2.51. The lowest BCUT2D eigenvalue weighted by atomic mass is 9.50. The van der Waals surface area contributed by atoms with E-state index >= 15 is 0 Å². The summed E-state index contributed by atoms with van der Waals surface area (Å²) < 4.78 is 0. The van der Waals surface area contributed by atoms with E-state index < -0.39 is 0 Å². The average Bonchev–Trinajstić information content (AvgIpc) is 3.27. The van der Waals surface area contributed by atoms with Gasteiger partial charge in [0, 0.05) is 12.5 Å². The Morgan fingerprint density at radius 3 is 2.79 bits per heavy atom. The van der Waals surface area contributed by atoms with Crippen LogP contribution >= 0.6 is 0 Å². The highest BCUT2D eigenvalue weighted by molar-refractivity contribution is 5.21. The van der Waals surface area contributed by atoms with Gasteiger partial charge in [0.2, 0.25) is 0 Å². The van der Waals surface area contributed by atoms with E-state index in [-0.39, 0.29) is 0 Å². The van der Waals surface area contributed by atoms with E-state index in [0.29, 0.717) is 6.10 Å². The molecular formula is C22H31NO. The van der Waals surface area contributed by atoms with Crippen molar-refractivity contribution < 1.29 is 4.84 Å². The van der Waals surface area contributed by atoms with Gasteiger partial charge in [0.15, 0.2) is 0 Å². The third kappa shape index (κ3) is 2.02. The van der Waals surface area contributed by atoms with Gasteiger partial charge in [-0.25, -0.2) is 5.48 Å². The fourth-order valence-electron chi connectivity index (χ4n) is 7.94. The summed E-state index contributed by atoms with van der Waals surface area (Å²) in [6, 6.07) is 0. The maximum atomic E-state index is 5.78. The Bertz CT molecular complexity index is 581. The number of hydrogen-bond acceptors (Lipinski definition) is 2. The van der Waals surface area contributed by atoms with Gasteiger partial charge in [-0.15, -0.1) is 0 Å². The molecule has 0 aromatic rings. The van der Waals surface area contributed by atoms with Gasteiger partial charge in [-0.2, -0.15) is 0 Å². The predicted octanol–water partition coefficient (Wildman–Crippen LogP) is 4.49. The van der Waals surface area contributed by atoms with Crippen molar-refractivity contribution >= 4 is 0 Å². The molecule has 24 heavy (non-hydrogen) atoms. The van der Waals surface area contributed by atoms with Crippen LogP contribution in [-0.2, 0) is 4.84 Å². The lowest BCUT2D eigenvalue weighted by molar-refractivity contribution is -0.0333. The number of hydrogen-bond donors (Lipinski definition) is 1. The van der Waals surface area contributed by atoms with Crippen molar-refractivity contribution in [1.29, 1.82) is 0 Å². The average molecular weight is 325 g/mol. The Hall–Kier alpha value is -0.600. The van der Waals surface area contributed by atoms with Gasteiger partial charge in [0.05, 0.1) is 6.10 Å². The molecule has 9 unspecified atom stereocenters. The number of rotatable bonds is 0. The Labute approximate surface area is 146 Å². The number of nitrogens with one attached hydrogen (secondary N) is 1. The molecule has 1 heterocycles. The third-order valence-corrected chi connectivity index (χ3v) is 8.95. The molecule has 0 bridgehead atoms. The van der Waals surface area contributed by atoms with Crippen LogP contribution in [0.4, 0.5) is 0 Å². The summed E-state index contributed by atoms with van der Waals surface area (Å²) >= 11 is 0. The van der Waals surface area contributed by atoms with Gasteiger partial charge in [-0.05, 0) is 92.8 Å². The van der Waals surface area contributed by atoms with Crippen molar-refractivity contribution in [1.82, 2.24) is 5.48 Å². The van der Waals surface area contributed by atoms with Crippen LogP contribution in [-0.4, -0.2) is 12.6 Å². The molecule has 0 radical (unpaired) electrons. The zero-order valence-electron chi connectivity index (χ0n) is 14.7. The second-order valence-corrected chi connectivity index (χ2v) is 9.63. The van der Waals surface area contributed by atoms with Crippen molar-refractivity contribution in [2.75, 3.05) is 6.54 Å². The molecule has 0 aromatic carbocycles. The maximum Gasteiger partial charge on any atom is 0.0868 e. The van der Waals surface area contributed by atoms with E-state index in [4.69, 9.17) is 4.84 Å². The van der Waals surface area contributed by atoms with Crippen molar-refractivity contribution in [3.05, 3.63) is 23.8 Å². The maximum absolute atomic E-state index is 5.78. The quantitative estimate of drug-likeness (QED) is 0.663. The molecule has 0 aromatic heterocycles. The summed E-state index contributed by atoms with van der Waals surface area (Å²) in [5.74, 6) is 7.71. The Kier molecular flexibility index (Phi) is 3.30. The molecule has 4 fully saturated rings. The molecule has 3 saturated carbocycles. The van der Waals surface area contributed by atoms with Crippen LogP contribution in [0, 0.1) is 47.3 Å². The van der Waals surface area contributed by atoms with E-state index in [0.717, 1.165) is 53.9 Å². The summed E-state index contributed by atoms with van der Waals surface area (Å²) in [5, 5.41) is 0. The van der Waals surface area contributed by atoms with E-state index in [2.05, 4.69) is 23.7 Å². The standard InChI is InChI=1S/C22H31NO/c1-2-13-4-6-18-17(16(13)3-1)8-9-20-19(18)7-5-14-11-22-15(10-21(14)20)12-23-24-22/h1-2,5,13,15-23H,3-4,6-12H2. The Balaban J connectivity index is 1.27. The van der Waals surface area contributed by atoms with Crippen molar-refractivity contribution in [3.63, 3.8) is 0 Å². The highest BCUT2D eigenvalue weighted by atomic mass is 16.7. The molecule has 1 saturated heterocycles. The molecule has 130 valence electrons. The van der Waals surface area contributed by atoms with Crippen molar-refractivity contribution in [2.24, 2.45) is 47.3 Å². The highest BCUT2D eigenvalue weighted by Crippen LogP contribution is 2.59. The molecule has 1 N–H and O–H groups in total. The van der Waals surface area contributed by atoms with E-state index in [1.807, 2.05) is 0 Å². The van der Waals surface area contributed by atoms with Crippen LogP contribution in [0.1, 0.15) is 51.4 Å². The molecule has 9 atom stereocenters. The molecule has 1 aliphatic heterocycles. The van der Waals surface area contributed by atoms with E-state index in [1.54, 1.807) is 5.57 Å². The lowest BCUT2D eigenvalue weighted by Crippen LogP contribution is -2.47. The van der Waals surface area contributed by atoms with Gasteiger partial charge < -0.3 is 0 Å². The summed E-state index contributed by atoms with van der Waals surface area (Å²) in [5.41, 5.74) is 4.96. The molecule has 0 spiro atoms. The normalized spacial score (nSPS) is 55.0. The number of fused-ring (bicyclic) bond motifs is 8. The van der Waals surface area contributed by atoms with Gasteiger partial charge >= 0.3 is 0 Å². The van der Waals surface area contributed by atoms with Crippen LogP contribution in [0.2, 0.25) is 0 Å². The zero-order chi connectivity index (χ0) is 15.7. The second-order valence-electron chi connectivity index (χ2n) is 9.63. The predicted molar refractivity (Wildman–Crippen MR) is 95.0 cm³/mol. The first-order chi connectivity index (χ1) is 11.9. The van der Waals surface area contributed by atoms with Crippen molar-refractivity contribution in [3.8, 4) is 0 Å². The largest absolute Gasteiger partial charge is 0.298 e. The summed E-state index contributed by atoms with van der Waals surface area (Å²) in [4.78, 5) is 5.78. The third-order valence-electron chi connectivity index (χ3n) is 8.95. The molecule has 2 heteroatoms. The Morgan fingerprint density at radius 2 is 1.79 bits per heavy atom. The summed E-state index contributed by atoms with van der Waals surface area (Å²) in [6.45, 7) is 1.09. The van der Waals surface area contributed by atoms with Crippen LogP contribution in [0.25, 0.3) is 0 Å². The fraction of sp³-hybridized carbons (Fsp3) is 0.818. The first-order valence-corrected chi connectivity index (χ1v) is 10.6. The van der Waals surface area contributed by atoms with E-state index in [1.165, 1.54) is 51.4 Å². The SMILES string of the molecule is C1=CC2CCC3C(CCC4C5CC6CNOC6CC5=CCC43)C2C1.